The molecule has 0 radical (unpaired) electrons. The van der Waals surface area contributed by atoms with E-state index in [0.29, 0.717) is 42.2 Å². The van der Waals surface area contributed by atoms with Crippen molar-refractivity contribution in [2.45, 2.75) is 63.9 Å². The Bertz CT molecular complexity index is 745. The van der Waals surface area contributed by atoms with Crippen molar-refractivity contribution in [1.82, 2.24) is 0 Å². The molecular formula is C20H25N3O2. The summed E-state index contributed by atoms with van der Waals surface area (Å²) in [7, 11) is 0. The van der Waals surface area contributed by atoms with E-state index in [0.717, 1.165) is 44.1 Å². The molecule has 0 bridgehead atoms. The van der Waals surface area contributed by atoms with Crippen molar-refractivity contribution in [2.75, 3.05) is 0 Å². The van der Waals surface area contributed by atoms with Crippen LogP contribution in [0, 0.1) is 41.4 Å². The van der Waals surface area contributed by atoms with Crippen LogP contribution in [0.5, 0.6) is 0 Å². The first-order valence-corrected chi connectivity index (χ1v) is 9.46. The number of hydrogen-bond acceptors (Lipinski definition) is 3. The van der Waals surface area contributed by atoms with Gasteiger partial charge in [-0.1, -0.05) is 23.5 Å². The Morgan fingerprint density at radius 3 is 2.76 bits per heavy atom. The maximum Gasteiger partial charge on any atom is 0.165 e. The van der Waals surface area contributed by atoms with Gasteiger partial charge in [-0.3, -0.25) is 4.79 Å². The van der Waals surface area contributed by atoms with Gasteiger partial charge in [-0.25, -0.2) is 0 Å². The van der Waals surface area contributed by atoms with Crippen LogP contribution >= 0.6 is 0 Å². The molecule has 1 N–H and O–H groups in total. The lowest BCUT2D eigenvalue weighted by molar-refractivity contribution is -0.117. The molecule has 6 atom stereocenters. The highest BCUT2D eigenvalue weighted by Gasteiger charge is 2.62. The molecule has 3 saturated carbocycles. The minimum Gasteiger partial charge on any atom is -0.377 e. The second kappa shape index (κ2) is 5.62. The Kier molecular flexibility index (Phi) is 3.76. The average molecular weight is 339 g/mol. The molecule has 25 heavy (non-hydrogen) atoms. The largest absolute Gasteiger partial charge is 0.377 e. The first-order chi connectivity index (χ1) is 11.9. The fraction of sp³-hybridized carbons (Fsp3) is 0.750. The van der Waals surface area contributed by atoms with Crippen LogP contribution in [0.3, 0.4) is 0 Å². The van der Waals surface area contributed by atoms with E-state index >= 15 is 0 Å². The van der Waals surface area contributed by atoms with E-state index in [1.165, 1.54) is 0 Å². The van der Waals surface area contributed by atoms with Crippen LogP contribution in [0.15, 0.2) is 16.4 Å². The van der Waals surface area contributed by atoms with E-state index < -0.39 is 5.60 Å². The molecule has 0 spiro atoms. The fourth-order valence-electron chi connectivity index (χ4n) is 6.68. The van der Waals surface area contributed by atoms with E-state index in [4.69, 9.17) is 12.0 Å². The number of carbonyl (C=O) groups is 1. The minimum absolute atomic E-state index is 0.00530. The lowest BCUT2D eigenvalue weighted by Gasteiger charge is -2.55. The number of aliphatic hydroxyl groups is 1. The lowest BCUT2D eigenvalue weighted by Crippen LogP contribution is -2.52. The quantitative estimate of drug-likeness (QED) is 0.337. The Balaban J connectivity index is 1.69. The van der Waals surface area contributed by atoms with Gasteiger partial charge >= 0.3 is 0 Å². The van der Waals surface area contributed by atoms with Crippen molar-refractivity contribution < 1.29 is 9.90 Å². The van der Waals surface area contributed by atoms with Crippen LogP contribution in [0.1, 0.15) is 58.3 Å². The third-order valence-electron chi connectivity index (χ3n) is 7.99. The third-order valence-corrected chi connectivity index (χ3v) is 7.99. The number of rotatable bonds is 1. The van der Waals surface area contributed by atoms with Crippen molar-refractivity contribution in [3.8, 4) is 12.3 Å². The molecule has 0 aromatic rings. The van der Waals surface area contributed by atoms with Crippen LogP contribution < -0.4 is 0 Å². The summed E-state index contributed by atoms with van der Waals surface area (Å²) in [5, 5.41) is 14.7. The van der Waals surface area contributed by atoms with Crippen LogP contribution in [0.25, 0.3) is 10.4 Å². The summed E-state index contributed by atoms with van der Waals surface area (Å²) in [6.07, 6.45) is 12.6. The highest BCUT2D eigenvalue weighted by molar-refractivity contribution is 5.96. The summed E-state index contributed by atoms with van der Waals surface area (Å²) in [5.41, 5.74) is 9.16. The zero-order chi connectivity index (χ0) is 17.8. The van der Waals surface area contributed by atoms with Gasteiger partial charge in [-0.15, -0.1) is 6.42 Å². The fourth-order valence-corrected chi connectivity index (χ4v) is 6.68. The number of carbonyl (C=O) groups excluding carboxylic acids is 1. The topological polar surface area (TPSA) is 86.1 Å². The minimum atomic E-state index is -0.975. The van der Waals surface area contributed by atoms with E-state index in [1.807, 2.05) is 0 Å². The number of fused-ring (bicyclic) bond motifs is 5. The summed E-state index contributed by atoms with van der Waals surface area (Å²) < 4.78 is 0. The second-order valence-electron chi connectivity index (χ2n) is 8.60. The Morgan fingerprint density at radius 2 is 2.04 bits per heavy atom. The molecule has 0 aromatic heterocycles. The first kappa shape index (κ1) is 16.7. The molecule has 0 amide bonds. The van der Waals surface area contributed by atoms with Crippen LogP contribution in [0.4, 0.5) is 0 Å². The van der Waals surface area contributed by atoms with E-state index in [9.17, 15) is 9.90 Å². The predicted octanol–water partition coefficient (Wildman–Crippen LogP) is 4.13. The molecule has 5 heteroatoms. The normalized spacial score (nSPS) is 45.7. The molecule has 0 unspecified atom stereocenters. The number of azide groups is 1. The third kappa shape index (κ3) is 2.14. The molecule has 3 fully saturated rings. The highest BCUT2D eigenvalue weighted by atomic mass is 16.3. The summed E-state index contributed by atoms with van der Waals surface area (Å²) in [5.74, 6) is 4.61. The zero-order valence-electron chi connectivity index (χ0n) is 14.7. The first-order valence-electron chi connectivity index (χ1n) is 9.46. The number of Topliss-reactive ketones (excluding diaryl/α,β-unsaturated/α-hetero) is 1. The number of nitrogens with zero attached hydrogens (tertiary/aromatic N) is 3. The van der Waals surface area contributed by atoms with E-state index in [1.54, 1.807) is 0 Å². The second-order valence-corrected chi connectivity index (χ2v) is 8.60. The maximum atomic E-state index is 12.2. The molecule has 0 aromatic carbocycles. The Labute approximate surface area is 148 Å². The smallest absolute Gasteiger partial charge is 0.165 e. The van der Waals surface area contributed by atoms with Gasteiger partial charge in [-0.2, -0.15) is 0 Å². The van der Waals surface area contributed by atoms with Gasteiger partial charge in [0, 0.05) is 16.7 Å². The van der Waals surface area contributed by atoms with Gasteiger partial charge in [0.2, 0.25) is 0 Å². The van der Waals surface area contributed by atoms with Gasteiger partial charge in [0.15, 0.2) is 5.78 Å². The SMILES string of the molecule is C#C[C@]1(O)CC[C@H]2[C@@H]3CCC4=C(N=[N+]=[N-])C(=O)CC[C@@H]4[C@H]3CC[C@@]21C. The molecule has 0 aliphatic heterocycles. The van der Waals surface area contributed by atoms with Gasteiger partial charge in [0.25, 0.3) is 0 Å². The Hall–Kier alpha value is -1.76. The zero-order valence-corrected chi connectivity index (χ0v) is 14.7. The summed E-state index contributed by atoms with van der Waals surface area (Å²) in [4.78, 5) is 15.1. The lowest BCUT2D eigenvalue weighted by atomic mass is 9.50. The maximum absolute atomic E-state index is 12.2. The standard InChI is InChI=1S/C20H25N3O2/c1-3-20(25)11-9-16-14-4-5-15-12(13(14)8-10-19(16,20)2)6-7-17(24)18(15)22-23-21/h1,12-14,16,25H,4-11H2,2H3/t12-,13-,14-,16+,19+,20+/m1/s1. The monoisotopic (exact) mass is 339 g/mol. The van der Waals surface area contributed by atoms with Crippen LogP contribution in [-0.4, -0.2) is 16.5 Å². The van der Waals surface area contributed by atoms with E-state index in [-0.39, 0.29) is 11.2 Å². The van der Waals surface area contributed by atoms with Gasteiger partial charge < -0.3 is 5.11 Å². The Morgan fingerprint density at radius 1 is 1.24 bits per heavy atom. The molecular weight excluding hydrogens is 314 g/mol. The molecule has 132 valence electrons. The molecule has 5 nitrogen and oxygen atoms in total. The van der Waals surface area contributed by atoms with Crippen molar-refractivity contribution in [1.29, 1.82) is 0 Å². The molecule has 4 aliphatic rings. The van der Waals surface area contributed by atoms with Gasteiger partial charge in [0.1, 0.15) is 5.60 Å². The molecule has 4 aliphatic carbocycles. The van der Waals surface area contributed by atoms with Gasteiger partial charge in [-0.05, 0) is 74.1 Å². The molecule has 0 saturated heterocycles. The van der Waals surface area contributed by atoms with Crippen LogP contribution in [-0.2, 0) is 4.79 Å². The molecule has 0 heterocycles. The number of hydrogen-bond donors (Lipinski definition) is 1. The van der Waals surface area contributed by atoms with Gasteiger partial charge in [0.05, 0.1) is 5.70 Å². The summed E-state index contributed by atoms with van der Waals surface area (Å²) in [6.45, 7) is 2.18. The molecule has 4 rings (SSSR count). The summed E-state index contributed by atoms with van der Waals surface area (Å²) in [6, 6.07) is 0. The number of terminal acetylenes is 1. The van der Waals surface area contributed by atoms with Crippen LogP contribution in [0.2, 0.25) is 0 Å². The highest BCUT2D eigenvalue weighted by Crippen LogP contribution is 2.64. The van der Waals surface area contributed by atoms with Crippen molar-refractivity contribution >= 4 is 5.78 Å². The summed E-state index contributed by atoms with van der Waals surface area (Å²) >= 11 is 0. The number of allylic oxidation sites excluding steroid dienone is 1. The van der Waals surface area contributed by atoms with Crippen molar-refractivity contribution in [2.24, 2.45) is 34.2 Å². The van der Waals surface area contributed by atoms with E-state index in [2.05, 4.69) is 22.9 Å². The van der Waals surface area contributed by atoms with Crippen molar-refractivity contribution in [3.63, 3.8) is 0 Å². The average Bonchev–Trinajstić information content (AvgIpc) is 2.89. The van der Waals surface area contributed by atoms with Crippen molar-refractivity contribution in [3.05, 3.63) is 21.7 Å². The number of ketones is 1. The predicted molar refractivity (Wildman–Crippen MR) is 94.0 cm³/mol.